The SMILES string of the molecule is CC(C)(C)C(CCN)CCC(=O)NC1(CO)CCC1. The zero-order chi connectivity index (χ0) is 14.5. The van der Waals surface area contributed by atoms with Crippen LogP contribution in [0, 0.1) is 11.3 Å². The van der Waals surface area contributed by atoms with Crippen molar-refractivity contribution in [3.63, 3.8) is 0 Å². The second kappa shape index (κ2) is 6.71. The number of carbonyl (C=O) groups excluding carboxylic acids is 1. The summed E-state index contributed by atoms with van der Waals surface area (Å²) >= 11 is 0. The normalized spacial score (nSPS) is 19.6. The van der Waals surface area contributed by atoms with Crippen LogP contribution in [0.1, 0.15) is 59.3 Å². The number of amides is 1. The van der Waals surface area contributed by atoms with Crippen molar-refractivity contribution in [2.45, 2.75) is 64.8 Å². The number of nitrogens with one attached hydrogen (secondary N) is 1. The molecule has 0 aromatic heterocycles. The third kappa shape index (κ3) is 4.77. The maximum absolute atomic E-state index is 12.0. The summed E-state index contributed by atoms with van der Waals surface area (Å²) in [6, 6.07) is 0. The Hall–Kier alpha value is -0.610. The first kappa shape index (κ1) is 16.4. The Morgan fingerprint density at radius 3 is 2.37 bits per heavy atom. The molecule has 4 heteroatoms. The summed E-state index contributed by atoms with van der Waals surface area (Å²) in [7, 11) is 0. The van der Waals surface area contributed by atoms with Crippen LogP contribution in [0.15, 0.2) is 0 Å². The molecule has 0 aromatic rings. The molecule has 1 aliphatic rings. The molecule has 0 saturated heterocycles. The fraction of sp³-hybridized carbons (Fsp3) is 0.933. The molecule has 1 atom stereocenters. The molecule has 1 amide bonds. The van der Waals surface area contributed by atoms with E-state index < -0.39 is 0 Å². The van der Waals surface area contributed by atoms with E-state index in [9.17, 15) is 9.90 Å². The van der Waals surface area contributed by atoms with Gasteiger partial charge in [-0.2, -0.15) is 0 Å². The largest absolute Gasteiger partial charge is 0.394 e. The Morgan fingerprint density at radius 1 is 1.37 bits per heavy atom. The Labute approximate surface area is 117 Å². The van der Waals surface area contributed by atoms with Crippen LogP contribution in [0.4, 0.5) is 0 Å². The number of aliphatic hydroxyl groups excluding tert-OH is 1. The molecule has 0 spiro atoms. The van der Waals surface area contributed by atoms with E-state index in [-0.39, 0.29) is 23.5 Å². The number of hydrogen-bond donors (Lipinski definition) is 3. The Morgan fingerprint density at radius 2 is 2.00 bits per heavy atom. The van der Waals surface area contributed by atoms with Crippen molar-refractivity contribution in [3.05, 3.63) is 0 Å². The Kier molecular flexibility index (Phi) is 5.81. The maximum Gasteiger partial charge on any atom is 0.220 e. The van der Waals surface area contributed by atoms with Crippen LogP contribution < -0.4 is 11.1 Å². The van der Waals surface area contributed by atoms with Crippen LogP contribution in [-0.2, 0) is 4.79 Å². The van der Waals surface area contributed by atoms with E-state index in [0.717, 1.165) is 32.1 Å². The van der Waals surface area contributed by atoms with E-state index in [2.05, 4.69) is 26.1 Å². The molecule has 1 saturated carbocycles. The predicted molar refractivity (Wildman–Crippen MR) is 77.7 cm³/mol. The van der Waals surface area contributed by atoms with Crippen molar-refractivity contribution in [2.24, 2.45) is 17.1 Å². The van der Waals surface area contributed by atoms with Crippen LogP contribution in [0.5, 0.6) is 0 Å². The van der Waals surface area contributed by atoms with Crippen molar-refractivity contribution in [1.82, 2.24) is 5.32 Å². The minimum Gasteiger partial charge on any atom is -0.394 e. The lowest BCUT2D eigenvalue weighted by molar-refractivity contribution is -0.125. The number of nitrogens with two attached hydrogens (primary N) is 1. The number of aliphatic hydroxyl groups is 1. The van der Waals surface area contributed by atoms with E-state index in [0.29, 0.717) is 18.9 Å². The maximum atomic E-state index is 12.0. The predicted octanol–water partition coefficient (Wildman–Crippen LogP) is 1.81. The summed E-state index contributed by atoms with van der Waals surface area (Å²) in [6.45, 7) is 7.33. The van der Waals surface area contributed by atoms with Gasteiger partial charge >= 0.3 is 0 Å². The van der Waals surface area contributed by atoms with Gasteiger partial charge in [-0.25, -0.2) is 0 Å². The highest BCUT2D eigenvalue weighted by molar-refractivity contribution is 5.77. The lowest BCUT2D eigenvalue weighted by Crippen LogP contribution is -2.56. The van der Waals surface area contributed by atoms with Crippen LogP contribution in [0.25, 0.3) is 0 Å². The first-order chi connectivity index (χ1) is 8.83. The summed E-state index contributed by atoms with van der Waals surface area (Å²) in [5.74, 6) is 0.537. The molecule has 0 radical (unpaired) electrons. The van der Waals surface area contributed by atoms with Gasteiger partial charge in [0.25, 0.3) is 0 Å². The number of hydrogen-bond acceptors (Lipinski definition) is 3. The van der Waals surface area contributed by atoms with Crippen molar-refractivity contribution in [1.29, 1.82) is 0 Å². The fourth-order valence-corrected chi connectivity index (χ4v) is 2.80. The van der Waals surface area contributed by atoms with Crippen LogP contribution in [0.3, 0.4) is 0 Å². The van der Waals surface area contributed by atoms with E-state index >= 15 is 0 Å². The van der Waals surface area contributed by atoms with Gasteiger partial charge in [-0.05, 0) is 50.0 Å². The second-order valence-corrected chi connectivity index (χ2v) is 7.02. The first-order valence-electron chi connectivity index (χ1n) is 7.45. The molecule has 0 heterocycles. The second-order valence-electron chi connectivity index (χ2n) is 7.02. The molecule has 112 valence electrons. The number of rotatable bonds is 7. The molecule has 0 aromatic carbocycles. The molecule has 4 N–H and O–H groups in total. The molecule has 19 heavy (non-hydrogen) atoms. The quantitative estimate of drug-likeness (QED) is 0.660. The molecule has 0 aliphatic heterocycles. The lowest BCUT2D eigenvalue weighted by Gasteiger charge is -2.41. The van der Waals surface area contributed by atoms with E-state index in [1.165, 1.54) is 0 Å². The van der Waals surface area contributed by atoms with Crippen LogP contribution in [0.2, 0.25) is 0 Å². The van der Waals surface area contributed by atoms with Gasteiger partial charge < -0.3 is 16.2 Å². The summed E-state index contributed by atoms with van der Waals surface area (Å²) < 4.78 is 0. The van der Waals surface area contributed by atoms with E-state index in [4.69, 9.17) is 5.73 Å². The average Bonchev–Trinajstić information content (AvgIpc) is 2.27. The lowest BCUT2D eigenvalue weighted by atomic mass is 9.75. The fourth-order valence-electron chi connectivity index (χ4n) is 2.80. The molecule has 1 rings (SSSR count). The molecule has 1 unspecified atom stereocenters. The highest BCUT2D eigenvalue weighted by Crippen LogP contribution is 2.33. The highest BCUT2D eigenvalue weighted by atomic mass is 16.3. The van der Waals surface area contributed by atoms with Crippen LogP contribution in [-0.4, -0.2) is 29.7 Å². The zero-order valence-corrected chi connectivity index (χ0v) is 12.7. The van der Waals surface area contributed by atoms with E-state index in [1.54, 1.807) is 0 Å². The number of carbonyl (C=O) groups is 1. The van der Waals surface area contributed by atoms with Gasteiger partial charge in [0.05, 0.1) is 12.1 Å². The first-order valence-corrected chi connectivity index (χ1v) is 7.45. The third-order valence-corrected chi connectivity index (χ3v) is 4.48. The van der Waals surface area contributed by atoms with Gasteiger partial charge in [-0.3, -0.25) is 4.79 Å². The zero-order valence-electron chi connectivity index (χ0n) is 12.7. The highest BCUT2D eigenvalue weighted by Gasteiger charge is 2.37. The molecule has 4 nitrogen and oxygen atoms in total. The monoisotopic (exact) mass is 270 g/mol. The smallest absolute Gasteiger partial charge is 0.220 e. The van der Waals surface area contributed by atoms with Crippen molar-refractivity contribution >= 4 is 5.91 Å². The third-order valence-electron chi connectivity index (χ3n) is 4.48. The average molecular weight is 270 g/mol. The van der Waals surface area contributed by atoms with Crippen molar-refractivity contribution < 1.29 is 9.90 Å². The van der Waals surface area contributed by atoms with Gasteiger partial charge in [-0.15, -0.1) is 0 Å². The summed E-state index contributed by atoms with van der Waals surface area (Å²) in [4.78, 5) is 12.0. The van der Waals surface area contributed by atoms with Crippen molar-refractivity contribution in [3.8, 4) is 0 Å². The van der Waals surface area contributed by atoms with Crippen LogP contribution >= 0.6 is 0 Å². The van der Waals surface area contributed by atoms with Gasteiger partial charge in [-0.1, -0.05) is 20.8 Å². The molecular weight excluding hydrogens is 240 g/mol. The van der Waals surface area contributed by atoms with Gasteiger partial charge in [0.2, 0.25) is 5.91 Å². The van der Waals surface area contributed by atoms with Gasteiger partial charge in [0.1, 0.15) is 0 Å². The molecule has 1 aliphatic carbocycles. The minimum absolute atomic E-state index is 0.0598. The summed E-state index contributed by atoms with van der Waals surface area (Å²) in [6.07, 6.45) is 5.26. The van der Waals surface area contributed by atoms with Crippen molar-refractivity contribution in [2.75, 3.05) is 13.2 Å². The molecule has 1 fully saturated rings. The minimum atomic E-state index is -0.317. The summed E-state index contributed by atoms with van der Waals surface area (Å²) in [5, 5.41) is 12.4. The standard InChI is InChI=1S/C15H30N2O2/c1-14(2,3)12(7-10-16)5-6-13(19)17-15(11-18)8-4-9-15/h12,18H,4-11,16H2,1-3H3,(H,17,19). The molecule has 0 bridgehead atoms. The van der Waals surface area contributed by atoms with E-state index in [1.807, 2.05) is 0 Å². The Balaban J connectivity index is 2.39. The van der Waals surface area contributed by atoms with Gasteiger partial charge in [0, 0.05) is 6.42 Å². The Bertz CT molecular complexity index is 288. The molecular formula is C15H30N2O2. The topological polar surface area (TPSA) is 75.4 Å². The van der Waals surface area contributed by atoms with Gasteiger partial charge in [0.15, 0.2) is 0 Å². The summed E-state index contributed by atoms with van der Waals surface area (Å²) in [5.41, 5.74) is 5.52.